The predicted molar refractivity (Wildman–Crippen MR) is 124 cm³/mol. The van der Waals surface area contributed by atoms with Crippen LogP contribution < -0.4 is 4.90 Å². The van der Waals surface area contributed by atoms with Crippen molar-refractivity contribution >= 4 is 17.5 Å². The largest absolute Gasteiger partial charge is 0.461 e. The smallest absolute Gasteiger partial charge is 0.270 e. The van der Waals surface area contributed by atoms with Crippen molar-refractivity contribution in [1.29, 1.82) is 0 Å². The number of benzene rings is 1. The zero-order valence-electron chi connectivity index (χ0n) is 18.9. The Bertz CT molecular complexity index is 1230. The summed E-state index contributed by atoms with van der Waals surface area (Å²) in [4.78, 5) is 31.5. The maximum atomic E-state index is 14.0. The summed E-state index contributed by atoms with van der Waals surface area (Å²) in [7, 11) is 0. The lowest BCUT2D eigenvalue weighted by atomic mass is 9.64. The number of aromatic nitrogens is 3. The van der Waals surface area contributed by atoms with Crippen LogP contribution in [0.25, 0.3) is 11.6 Å². The van der Waals surface area contributed by atoms with E-state index in [2.05, 4.69) is 0 Å². The quantitative estimate of drug-likeness (QED) is 0.386. The lowest BCUT2D eigenvalue weighted by molar-refractivity contribution is -0.384. The number of furan rings is 1. The molecule has 0 bridgehead atoms. The summed E-state index contributed by atoms with van der Waals surface area (Å²) in [5, 5.41) is 16.3. The zero-order valence-corrected chi connectivity index (χ0v) is 18.9. The van der Waals surface area contributed by atoms with E-state index in [0.29, 0.717) is 23.1 Å². The molecule has 2 saturated carbocycles. The number of nitrogens with zero attached hydrogens (tertiary/aromatic N) is 5. The Morgan fingerprint density at radius 1 is 1.09 bits per heavy atom. The van der Waals surface area contributed by atoms with Gasteiger partial charge in [-0.05, 0) is 43.9 Å². The molecule has 3 aliphatic rings. The Kier molecular flexibility index (Phi) is 5.00. The topological polar surface area (TPSA) is 107 Å². The van der Waals surface area contributed by atoms with E-state index in [4.69, 9.17) is 14.5 Å². The summed E-state index contributed by atoms with van der Waals surface area (Å²) in [5.74, 6) is 1.60. The van der Waals surface area contributed by atoms with E-state index < -0.39 is 4.92 Å². The molecular formula is C25H27N5O4. The molecule has 2 aliphatic carbocycles. The van der Waals surface area contributed by atoms with Gasteiger partial charge in [-0.3, -0.25) is 19.8 Å². The molecule has 2 atom stereocenters. The molecule has 0 saturated heterocycles. The summed E-state index contributed by atoms with van der Waals surface area (Å²) in [6, 6.07) is 9.61. The second kappa shape index (κ2) is 8.07. The molecule has 9 heteroatoms. The van der Waals surface area contributed by atoms with Gasteiger partial charge in [-0.1, -0.05) is 38.2 Å². The highest BCUT2D eigenvalue weighted by molar-refractivity contribution is 6.06. The molecule has 1 amide bonds. The summed E-state index contributed by atoms with van der Waals surface area (Å²) in [5.41, 5.74) is 0.0486. The maximum absolute atomic E-state index is 14.0. The molecule has 176 valence electrons. The number of carbonyl (C=O) groups is 1. The number of anilines is 1. The summed E-state index contributed by atoms with van der Waals surface area (Å²) in [6.07, 6.45) is 11.3. The van der Waals surface area contributed by atoms with Crippen LogP contribution >= 0.6 is 0 Å². The number of fused-ring (bicyclic) bond motifs is 4. The minimum Gasteiger partial charge on any atom is -0.461 e. The third-order valence-corrected chi connectivity index (χ3v) is 7.96. The van der Waals surface area contributed by atoms with Gasteiger partial charge in [0.15, 0.2) is 5.76 Å². The minimum absolute atomic E-state index is 0.000219. The molecule has 2 fully saturated rings. The molecule has 0 unspecified atom stereocenters. The van der Waals surface area contributed by atoms with Crippen LogP contribution in [0.15, 0.2) is 47.1 Å². The molecule has 3 aromatic rings. The van der Waals surface area contributed by atoms with E-state index in [0.717, 1.165) is 51.4 Å². The Hall–Kier alpha value is -3.49. The minimum atomic E-state index is -0.467. The highest BCUT2D eigenvalue weighted by atomic mass is 16.6. The predicted octanol–water partition coefficient (Wildman–Crippen LogP) is 5.32. The van der Waals surface area contributed by atoms with E-state index in [-0.39, 0.29) is 29.1 Å². The highest BCUT2D eigenvalue weighted by Crippen LogP contribution is 2.53. The van der Waals surface area contributed by atoms with Crippen molar-refractivity contribution in [3.63, 3.8) is 0 Å². The van der Waals surface area contributed by atoms with Crippen LogP contribution in [0.2, 0.25) is 0 Å². The molecule has 2 aromatic heterocycles. The first kappa shape index (κ1) is 21.1. The van der Waals surface area contributed by atoms with Crippen molar-refractivity contribution in [2.75, 3.05) is 4.90 Å². The van der Waals surface area contributed by atoms with Crippen molar-refractivity contribution in [2.24, 2.45) is 5.92 Å². The third kappa shape index (κ3) is 3.17. The fourth-order valence-electron chi connectivity index (χ4n) is 6.50. The van der Waals surface area contributed by atoms with Gasteiger partial charge >= 0.3 is 0 Å². The van der Waals surface area contributed by atoms with Gasteiger partial charge in [0.2, 0.25) is 11.8 Å². The van der Waals surface area contributed by atoms with Gasteiger partial charge in [-0.25, -0.2) is 4.68 Å². The molecule has 0 radical (unpaired) electrons. The standard InChI is InChI=1S/C25H27N5O4/c31-23(17-8-6-9-18(16-17)30(32)33)28-20-11-3-2-10-19(20)25(13-4-1-5-14-25)29-24(28)26-22(27-29)21-12-7-15-34-21/h6-9,12,15-16,19-20H,1-5,10-11,13-14H2/t19-,20+/m1/s1. The number of hydrogen-bond donors (Lipinski definition) is 0. The number of carbonyl (C=O) groups excluding carboxylic acids is 1. The molecule has 3 heterocycles. The van der Waals surface area contributed by atoms with E-state index in [1.54, 1.807) is 29.4 Å². The van der Waals surface area contributed by atoms with Gasteiger partial charge < -0.3 is 4.42 Å². The summed E-state index contributed by atoms with van der Waals surface area (Å²) >= 11 is 0. The van der Waals surface area contributed by atoms with Gasteiger partial charge in [-0.15, -0.1) is 5.10 Å². The van der Waals surface area contributed by atoms with Gasteiger partial charge in [-0.2, -0.15) is 4.98 Å². The van der Waals surface area contributed by atoms with Crippen molar-refractivity contribution in [3.8, 4) is 11.6 Å². The first-order chi connectivity index (χ1) is 16.6. The first-order valence-corrected chi connectivity index (χ1v) is 12.2. The Balaban J connectivity index is 1.53. The van der Waals surface area contributed by atoms with E-state index in [1.807, 2.05) is 10.7 Å². The summed E-state index contributed by atoms with van der Waals surface area (Å²) < 4.78 is 7.62. The average molecular weight is 462 g/mol. The number of rotatable bonds is 3. The third-order valence-electron chi connectivity index (χ3n) is 7.96. The number of non-ortho nitro benzene ring substituents is 1. The number of nitro groups is 1. The van der Waals surface area contributed by atoms with Crippen LogP contribution in [-0.4, -0.2) is 31.6 Å². The molecule has 1 spiro atoms. The molecule has 34 heavy (non-hydrogen) atoms. The van der Waals surface area contributed by atoms with Crippen LogP contribution in [0.1, 0.15) is 68.1 Å². The second-order valence-electron chi connectivity index (χ2n) is 9.73. The lowest BCUT2D eigenvalue weighted by Gasteiger charge is -2.55. The van der Waals surface area contributed by atoms with Crippen molar-refractivity contribution < 1.29 is 14.1 Å². The number of nitro benzene ring substituents is 1. The average Bonchev–Trinajstić information content (AvgIpc) is 3.56. The van der Waals surface area contributed by atoms with Crippen LogP contribution in [-0.2, 0) is 5.54 Å². The van der Waals surface area contributed by atoms with Crippen LogP contribution in [0.3, 0.4) is 0 Å². The van der Waals surface area contributed by atoms with Crippen molar-refractivity contribution in [2.45, 2.75) is 69.4 Å². The monoisotopic (exact) mass is 461 g/mol. The Morgan fingerprint density at radius 2 is 1.91 bits per heavy atom. The molecule has 0 N–H and O–H groups in total. The second-order valence-corrected chi connectivity index (χ2v) is 9.73. The van der Waals surface area contributed by atoms with Crippen molar-refractivity contribution in [3.05, 3.63) is 58.3 Å². The van der Waals surface area contributed by atoms with Crippen LogP contribution in [0.5, 0.6) is 0 Å². The van der Waals surface area contributed by atoms with Gasteiger partial charge in [0.1, 0.15) is 0 Å². The van der Waals surface area contributed by atoms with Crippen molar-refractivity contribution in [1.82, 2.24) is 14.8 Å². The van der Waals surface area contributed by atoms with Gasteiger partial charge in [0.05, 0.1) is 16.7 Å². The molecule has 1 aromatic carbocycles. The SMILES string of the molecule is O=C(c1cccc([N+](=O)[O-])c1)N1c2nc(-c3ccco3)nn2C2(CCCCC2)[C@@H]2CCCC[C@@H]21. The van der Waals surface area contributed by atoms with Gasteiger partial charge in [0, 0.05) is 29.7 Å². The maximum Gasteiger partial charge on any atom is 0.270 e. The molecule has 9 nitrogen and oxygen atoms in total. The zero-order chi connectivity index (χ0) is 23.3. The Labute approximate surface area is 196 Å². The fraction of sp³-hybridized carbons (Fsp3) is 0.480. The van der Waals surface area contributed by atoms with E-state index in [9.17, 15) is 14.9 Å². The molecule has 1 aliphatic heterocycles. The van der Waals surface area contributed by atoms with Gasteiger partial charge in [0.25, 0.3) is 11.6 Å². The van der Waals surface area contributed by atoms with E-state index in [1.165, 1.54) is 18.6 Å². The fourth-order valence-corrected chi connectivity index (χ4v) is 6.50. The summed E-state index contributed by atoms with van der Waals surface area (Å²) in [6.45, 7) is 0. The molecule has 6 rings (SSSR count). The molecular weight excluding hydrogens is 434 g/mol. The highest BCUT2D eigenvalue weighted by Gasteiger charge is 2.55. The van der Waals surface area contributed by atoms with E-state index >= 15 is 0 Å². The number of hydrogen-bond acceptors (Lipinski definition) is 6. The lowest BCUT2D eigenvalue weighted by Crippen LogP contribution is -2.61. The normalized spacial score (nSPS) is 23.4. The number of amides is 1. The Morgan fingerprint density at radius 3 is 2.68 bits per heavy atom. The van der Waals surface area contributed by atoms with Crippen LogP contribution in [0, 0.1) is 16.0 Å². The van der Waals surface area contributed by atoms with Crippen LogP contribution in [0.4, 0.5) is 11.6 Å². The first-order valence-electron chi connectivity index (χ1n) is 12.2.